The zero-order valence-corrected chi connectivity index (χ0v) is 13.9. The molecule has 0 aliphatic rings. The fraction of sp³-hybridized carbons (Fsp3) is 0.700. The molecule has 0 aromatic heterocycles. The van der Waals surface area contributed by atoms with Crippen LogP contribution in [0.4, 0.5) is 0 Å². The third-order valence-electron chi connectivity index (χ3n) is 3.49. The second-order valence-electron chi connectivity index (χ2n) is 5.58. The highest BCUT2D eigenvalue weighted by atomic mass is 13.9. The predicted octanol–water partition coefficient (Wildman–Crippen LogP) is 7.38. The molecular weight excluding hydrogens is 240 g/mol. The molecule has 0 fully saturated rings. The van der Waals surface area contributed by atoms with Gasteiger partial charge in [0.25, 0.3) is 0 Å². The topological polar surface area (TPSA) is 0 Å². The zero-order valence-electron chi connectivity index (χ0n) is 13.9. The summed E-state index contributed by atoms with van der Waals surface area (Å²) < 4.78 is 0. The van der Waals surface area contributed by atoms with E-state index in [2.05, 4.69) is 50.3 Å². The summed E-state index contributed by atoms with van der Waals surface area (Å²) in [5.41, 5.74) is 0. The minimum absolute atomic E-state index is 1.10. The van der Waals surface area contributed by atoms with E-state index >= 15 is 0 Å². The van der Waals surface area contributed by atoms with E-state index in [1.807, 2.05) is 0 Å². The van der Waals surface area contributed by atoms with Crippen LogP contribution in [0.15, 0.2) is 36.5 Å². The van der Waals surface area contributed by atoms with E-state index in [9.17, 15) is 0 Å². The van der Waals surface area contributed by atoms with Gasteiger partial charge in [-0.3, -0.25) is 0 Å². The summed E-state index contributed by atoms with van der Waals surface area (Å²) in [4.78, 5) is 0. The third-order valence-corrected chi connectivity index (χ3v) is 3.49. The Labute approximate surface area is 128 Å². The molecule has 0 aromatic carbocycles. The van der Waals surface area contributed by atoms with Crippen LogP contribution in [-0.2, 0) is 0 Å². The maximum absolute atomic E-state index is 2.34. The van der Waals surface area contributed by atoms with E-state index in [1.165, 1.54) is 64.2 Å². The molecule has 0 bridgehead atoms. The normalized spacial score (nSPS) is 12.3. The Morgan fingerprint density at radius 1 is 0.450 bits per heavy atom. The SMILES string of the molecule is CCCCCCC=CCC=CCC=CCCCCCC. The van der Waals surface area contributed by atoms with Crippen LogP contribution in [0.2, 0.25) is 0 Å². The second kappa shape index (κ2) is 18.2. The lowest BCUT2D eigenvalue weighted by Gasteiger charge is -1.93. The van der Waals surface area contributed by atoms with Gasteiger partial charge in [0.05, 0.1) is 0 Å². The van der Waals surface area contributed by atoms with Gasteiger partial charge in [0.2, 0.25) is 0 Å². The van der Waals surface area contributed by atoms with Gasteiger partial charge in [-0.2, -0.15) is 0 Å². The summed E-state index contributed by atoms with van der Waals surface area (Å²) in [6.07, 6.45) is 29.5. The first-order valence-corrected chi connectivity index (χ1v) is 8.86. The van der Waals surface area contributed by atoms with Crippen molar-refractivity contribution in [1.29, 1.82) is 0 Å². The van der Waals surface area contributed by atoms with Crippen LogP contribution in [0.5, 0.6) is 0 Å². The number of hydrogen-bond donors (Lipinski definition) is 0. The van der Waals surface area contributed by atoms with Crippen LogP contribution >= 0.6 is 0 Å². The van der Waals surface area contributed by atoms with Crippen LogP contribution in [0.1, 0.15) is 90.9 Å². The lowest BCUT2D eigenvalue weighted by atomic mass is 10.1. The standard InChI is InChI=1S/C20H36/c1-3-5-7-9-11-13-15-17-19-20-18-16-14-12-10-8-6-4-2/h13-16,19-20H,3-12,17-18H2,1-2H3. The second-order valence-corrected chi connectivity index (χ2v) is 5.58. The number of hydrogen-bond acceptors (Lipinski definition) is 0. The third kappa shape index (κ3) is 17.2. The molecule has 0 amide bonds. The van der Waals surface area contributed by atoms with Crippen LogP contribution in [0.3, 0.4) is 0 Å². The molecule has 0 aromatic rings. The van der Waals surface area contributed by atoms with Gasteiger partial charge in [-0.25, -0.2) is 0 Å². The van der Waals surface area contributed by atoms with Crippen LogP contribution < -0.4 is 0 Å². The van der Waals surface area contributed by atoms with Gasteiger partial charge in [0, 0.05) is 0 Å². The molecule has 0 rings (SSSR count). The van der Waals surface area contributed by atoms with Gasteiger partial charge in [0.1, 0.15) is 0 Å². The summed E-state index contributed by atoms with van der Waals surface area (Å²) in [5.74, 6) is 0. The van der Waals surface area contributed by atoms with Gasteiger partial charge in [-0.05, 0) is 38.5 Å². The van der Waals surface area contributed by atoms with Crippen LogP contribution in [0, 0.1) is 0 Å². The molecule has 0 heteroatoms. The van der Waals surface area contributed by atoms with Crippen molar-refractivity contribution in [2.24, 2.45) is 0 Å². The Morgan fingerprint density at radius 2 is 0.850 bits per heavy atom. The van der Waals surface area contributed by atoms with E-state index in [0.29, 0.717) is 0 Å². The molecule has 0 N–H and O–H groups in total. The molecule has 0 spiro atoms. The molecule has 0 radical (unpaired) electrons. The Kier molecular flexibility index (Phi) is 17.5. The molecule has 0 aliphatic carbocycles. The van der Waals surface area contributed by atoms with Gasteiger partial charge in [0.15, 0.2) is 0 Å². The summed E-state index contributed by atoms with van der Waals surface area (Å²) in [5, 5.41) is 0. The van der Waals surface area contributed by atoms with Crippen molar-refractivity contribution in [2.45, 2.75) is 90.9 Å². The van der Waals surface area contributed by atoms with E-state index in [0.717, 1.165) is 12.8 Å². The molecule has 0 saturated heterocycles. The van der Waals surface area contributed by atoms with E-state index < -0.39 is 0 Å². The van der Waals surface area contributed by atoms with Crippen LogP contribution in [0.25, 0.3) is 0 Å². The number of unbranched alkanes of at least 4 members (excludes halogenated alkanes) is 8. The summed E-state index contributed by atoms with van der Waals surface area (Å²) >= 11 is 0. The van der Waals surface area contributed by atoms with Crippen molar-refractivity contribution < 1.29 is 0 Å². The minimum Gasteiger partial charge on any atom is -0.0882 e. The van der Waals surface area contributed by atoms with Crippen molar-refractivity contribution in [3.63, 3.8) is 0 Å². The molecule has 0 heterocycles. The molecule has 116 valence electrons. The van der Waals surface area contributed by atoms with Gasteiger partial charge in [-0.15, -0.1) is 0 Å². The molecule has 20 heavy (non-hydrogen) atoms. The number of allylic oxidation sites excluding steroid dienone is 6. The van der Waals surface area contributed by atoms with Gasteiger partial charge in [-0.1, -0.05) is 88.8 Å². The number of rotatable bonds is 14. The van der Waals surface area contributed by atoms with Crippen LogP contribution in [-0.4, -0.2) is 0 Å². The summed E-state index contributed by atoms with van der Waals surface area (Å²) in [6.45, 7) is 4.53. The Morgan fingerprint density at radius 3 is 1.25 bits per heavy atom. The Bertz CT molecular complexity index is 219. The first kappa shape index (κ1) is 19.2. The van der Waals surface area contributed by atoms with E-state index in [-0.39, 0.29) is 0 Å². The predicted molar refractivity (Wildman–Crippen MR) is 94.2 cm³/mol. The highest BCUT2D eigenvalue weighted by Crippen LogP contribution is 2.04. The van der Waals surface area contributed by atoms with E-state index in [1.54, 1.807) is 0 Å². The van der Waals surface area contributed by atoms with Gasteiger partial charge >= 0.3 is 0 Å². The molecule has 0 aliphatic heterocycles. The monoisotopic (exact) mass is 276 g/mol. The van der Waals surface area contributed by atoms with E-state index in [4.69, 9.17) is 0 Å². The summed E-state index contributed by atoms with van der Waals surface area (Å²) in [7, 11) is 0. The Balaban J connectivity index is 3.26. The molecule has 0 nitrogen and oxygen atoms in total. The average molecular weight is 277 g/mol. The van der Waals surface area contributed by atoms with Gasteiger partial charge < -0.3 is 0 Å². The molecule has 0 atom stereocenters. The quantitative estimate of drug-likeness (QED) is 0.229. The highest BCUT2D eigenvalue weighted by Gasteiger charge is 1.84. The summed E-state index contributed by atoms with van der Waals surface area (Å²) in [6, 6.07) is 0. The maximum Gasteiger partial charge on any atom is -0.0169 e. The molecule has 0 unspecified atom stereocenters. The van der Waals surface area contributed by atoms with Crippen molar-refractivity contribution in [3.05, 3.63) is 36.5 Å². The maximum atomic E-state index is 2.34. The Hall–Kier alpha value is -0.780. The molecular formula is C20H36. The largest absolute Gasteiger partial charge is 0.0882 e. The lowest BCUT2D eigenvalue weighted by molar-refractivity contribution is 0.674. The van der Waals surface area contributed by atoms with Crippen molar-refractivity contribution in [2.75, 3.05) is 0 Å². The molecule has 0 saturated carbocycles. The lowest BCUT2D eigenvalue weighted by Crippen LogP contribution is -1.73. The fourth-order valence-corrected chi connectivity index (χ4v) is 2.16. The van der Waals surface area contributed by atoms with Crippen molar-refractivity contribution >= 4 is 0 Å². The first-order valence-electron chi connectivity index (χ1n) is 8.86. The van der Waals surface area contributed by atoms with Crippen molar-refractivity contribution in [3.8, 4) is 0 Å². The van der Waals surface area contributed by atoms with Crippen molar-refractivity contribution in [1.82, 2.24) is 0 Å². The smallest absolute Gasteiger partial charge is 0.0169 e. The fourth-order valence-electron chi connectivity index (χ4n) is 2.16. The minimum atomic E-state index is 1.10. The highest BCUT2D eigenvalue weighted by molar-refractivity contribution is 4.97. The first-order chi connectivity index (χ1) is 9.91. The average Bonchev–Trinajstić information content (AvgIpc) is 2.47. The zero-order chi connectivity index (χ0) is 14.7.